The number of benzene rings is 1. The molecule has 2 aliphatic rings. The molecule has 2 saturated heterocycles. The van der Waals surface area contributed by atoms with E-state index in [4.69, 9.17) is 4.74 Å². The van der Waals surface area contributed by atoms with Crippen LogP contribution in [-0.2, 0) is 9.59 Å². The maximum Gasteiger partial charge on any atom is 0.251 e. The van der Waals surface area contributed by atoms with Crippen LogP contribution in [0.25, 0.3) is 0 Å². The van der Waals surface area contributed by atoms with Crippen molar-refractivity contribution in [3.8, 4) is 5.75 Å². The van der Waals surface area contributed by atoms with Gasteiger partial charge in [-0.25, -0.2) is 0 Å². The Morgan fingerprint density at radius 3 is 2.12 bits per heavy atom. The number of hydrogen-bond donors (Lipinski definition) is 1. The maximum absolute atomic E-state index is 13.3. The average molecular weight is 444 g/mol. The molecular formula is C25H37N3O4. The highest BCUT2D eigenvalue weighted by Crippen LogP contribution is 2.27. The van der Waals surface area contributed by atoms with E-state index in [0.29, 0.717) is 43.7 Å². The van der Waals surface area contributed by atoms with Crippen molar-refractivity contribution >= 4 is 17.7 Å². The van der Waals surface area contributed by atoms with Gasteiger partial charge in [0.25, 0.3) is 5.91 Å². The van der Waals surface area contributed by atoms with Gasteiger partial charge in [-0.2, -0.15) is 0 Å². The van der Waals surface area contributed by atoms with Crippen molar-refractivity contribution in [2.75, 3.05) is 33.3 Å². The highest BCUT2D eigenvalue weighted by Gasteiger charge is 2.37. The number of nitrogens with one attached hydrogen (secondary N) is 1. The first-order chi connectivity index (χ1) is 15.2. The third-order valence-electron chi connectivity index (χ3n) is 6.37. The van der Waals surface area contributed by atoms with E-state index in [0.717, 1.165) is 25.9 Å². The van der Waals surface area contributed by atoms with Crippen LogP contribution in [0.15, 0.2) is 24.3 Å². The first-order valence-electron chi connectivity index (χ1n) is 11.7. The first kappa shape index (κ1) is 24.1. The minimum Gasteiger partial charge on any atom is -0.497 e. The second kappa shape index (κ2) is 10.4. The first-order valence-corrected chi connectivity index (χ1v) is 11.7. The fraction of sp³-hybridized carbons (Fsp3) is 0.640. The number of carbonyl (C=O) groups is 3. The standard InChI is InChI=1S/C25H37N3O4/c1-25(2,3)17-21(29)27-15-11-18(12-16-27)22(24(31)28-13-5-6-14-28)26-23(30)19-7-9-20(32-4)10-8-19/h7-10,18,22H,5-6,11-17H2,1-4H3,(H,26,30). The van der Waals surface area contributed by atoms with Crippen molar-refractivity contribution in [2.24, 2.45) is 11.3 Å². The van der Waals surface area contributed by atoms with Crippen LogP contribution >= 0.6 is 0 Å². The lowest BCUT2D eigenvalue weighted by Gasteiger charge is -2.37. The summed E-state index contributed by atoms with van der Waals surface area (Å²) in [7, 11) is 1.58. The van der Waals surface area contributed by atoms with Crippen molar-refractivity contribution in [3.63, 3.8) is 0 Å². The number of ether oxygens (including phenoxy) is 1. The van der Waals surface area contributed by atoms with Crippen LogP contribution < -0.4 is 10.1 Å². The molecule has 1 atom stereocenters. The van der Waals surface area contributed by atoms with Gasteiger partial charge in [0.05, 0.1) is 7.11 Å². The van der Waals surface area contributed by atoms with Crippen LogP contribution in [0, 0.1) is 11.3 Å². The Morgan fingerprint density at radius 1 is 1.00 bits per heavy atom. The molecule has 1 aromatic carbocycles. The van der Waals surface area contributed by atoms with Gasteiger partial charge in [-0.05, 0) is 61.3 Å². The zero-order valence-electron chi connectivity index (χ0n) is 19.9. The van der Waals surface area contributed by atoms with E-state index in [1.54, 1.807) is 31.4 Å². The van der Waals surface area contributed by atoms with Crippen LogP contribution in [0.3, 0.4) is 0 Å². The van der Waals surface area contributed by atoms with Crippen LogP contribution in [0.1, 0.15) is 63.2 Å². The molecule has 1 aromatic rings. The molecule has 0 aliphatic carbocycles. The van der Waals surface area contributed by atoms with Gasteiger partial charge in [0.1, 0.15) is 11.8 Å². The Kier molecular flexibility index (Phi) is 7.80. The quantitative estimate of drug-likeness (QED) is 0.733. The molecule has 2 fully saturated rings. The topological polar surface area (TPSA) is 79.0 Å². The number of hydrogen-bond acceptors (Lipinski definition) is 4. The van der Waals surface area contributed by atoms with Gasteiger partial charge >= 0.3 is 0 Å². The zero-order valence-corrected chi connectivity index (χ0v) is 19.9. The van der Waals surface area contributed by atoms with Gasteiger partial charge in [-0.1, -0.05) is 20.8 Å². The number of nitrogens with zero attached hydrogens (tertiary/aromatic N) is 2. The lowest BCUT2D eigenvalue weighted by Crippen LogP contribution is -2.54. The molecule has 0 aromatic heterocycles. The summed E-state index contributed by atoms with van der Waals surface area (Å²) in [4.78, 5) is 42.7. The Labute approximate surface area is 191 Å². The smallest absolute Gasteiger partial charge is 0.251 e. The summed E-state index contributed by atoms with van der Waals surface area (Å²) in [6.45, 7) is 8.95. The minimum atomic E-state index is -0.567. The van der Waals surface area contributed by atoms with Crippen molar-refractivity contribution in [2.45, 2.75) is 58.9 Å². The Hall–Kier alpha value is -2.57. The molecule has 1 unspecified atom stereocenters. The normalized spacial score (nSPS) is 18.4. The summed E-state index contributed by atoms with van der Waals surface area (Å²) < 4.78 is 5.17. The molecule has 3 rings (SSSR count). The van der Waals surface area contributed by atoms with Gasteiger partial charge in [0.2, 0.25) is 11.8 Å². The van der Waals surface area contributed by atoms with E-state index in [9.17, 15) is 14.4 Å². The minimum absolute atomic E-state index is 0.00355. The zero-order chi connectivity index (χ0) is 23.3. The molecule has 1 N–H and O–H groups in total. The summed E-state index contributed by atoms with van der Waals surface area (Å²) in [5.74, 6) is 0.614. The summed E-state index contributed by atoms with van der Waals surface area (Å²) in [6.07, 6.45) is 3.95. The molecule has 0 saturated carbocycles. The van der Waals surface area contributed by atoms with Gasteiger partial charge in [0, 0.05) is 38.2 Å². The highest BCUT2D eigenvalue weighted by molar-refractivity contribution is 5.97. The molecule has 2 aliphatic heterocycles. The molecule has 7 heteroatoms. The van der Waals surface area contributed by atoms with Crippen LogP contribution in [-0.4, -0.2) is 66.9 Å². The van der Waals surface area contributed by atoms with Crippen LogP contribution in [0.2, 0.25) is 0 Å². The molecule has 0 spiro atoms. The van der Waals surface area contributed by atoms with Gasteiger partial charge < -0.3 is 19.9 Å². The summed E-state index contributed by atoms with van der Waals surface area (Å²) in [5, 5.41) is 3.03. The average Bonchev–Trinajstić information content (AvgIpc) is 3.31. The molecule has 3 amide bonds. The molecule has 7 nitrogen and oxygen atoms in total. The van der Waals surface area contributed by atoms with E-state index >= 15 is 0 Å². The number of rotatable bonds is 6. The van der Waals surface area contributed by atoms with Crippen LogP contribution in [0.5, 0.6) is 5.75 Å². The van der Waals surface area contributed by atoms with E-state index < -0.39 is 6.04 Å². The molecule has 0 radical (unpaired) electrons. The van der Waals surface area contributed by atoms with E-state index in [-0.39, 0.29) is 29.1 Å². The monoisotopic (exact) mass is 443 g/mol. The molecular weight excluding hydrogens is 406 g/mol. The van der Waals surface area contributed by atoms with E-state index in [1.165, 1.54) is 0 Å². The van der Waals surface area contributed by atoms with Crippen molar-refractivity contribution in [1.29, 1.82) is 0 Å². The van der Waals surface area contributed by atoms with E-state index in [2.05, 4.69) is 26.1 Å². The number of piperidine rings is 1. The van der Waals surface area contributed by atoms with Gasteiger partial charge in [-0.15, -0.1) is 0 Å². The summed E-state index contributed by atoms with van der Waals surface area (Å²) in [5.41, 5.74) is 0.456. The summed E-state index contributed by atoms with van der Waals surface area (Å²) in [6, 6.07) is 6.33. The lowest BCUT2D eigenvalue weighted by molar-refractivity contribution is -0.136. The SMILES string of the molecule is COc1ccc(C(=O)NC(C(=O)N2CCCC2)C2CCN(C(=O)CC(C)(C)C)CC2)cc1. The highest BCUT2D eigenvalue weighted by atomic mass is 16.5. The fourth-order valence-electron chi connectivity index (χ4n) is 4.53. The maximum atomic E-state index is 13.3. The number of carbonyl (C=O) groups excluding carboxylic acids is 3. The number of amides is 3. The van der Waals surface area contributed by atoms with E-state index in [1.807, 2.05) is 9.80 Å². The van der Waals surface area contributed by atoms with Crippen molar-refractivity contribution < 1.29 is 19.1 Å². The second-order valence-corrected chi connectivity index (χ2v) is 10.2. The van der Waals surface area contributed by atoms with Crippen LogP contribution in [0.4, 0.5) is 0 Å². The molecule has 32 heavy (non-hydrogen) atoms. The third-order valence-corrected chi connectivity index (χ3v) is 6.37. The Balaban J connectivity index is 1.68. The molecule has 2 heterocycles. The fourth-order valence-corrected chi connectivity index (χ4v) is 4.53. The van der Waals surface area contributed by atoms with Crippen molar-refractivity contribution in [1.82, 2.24) is 15.1 Å². The van der Waals surface area contributed by atoms with Gasteiger partial charge in [-0.3, -0.25) is 14.4 Å². The second-order valence-electron chi connectivity index (χ2n) is 10.2. The Bertz CT molecular complexity index is 801. The molecule has 176 valence electrons. The predicted molar refractivity (Wildman–Crippen MR) is 123 cm³/mol. The predicted octanol–water partition coefficient (Wildman–Crippen LogP) is 3.09. The summed E-state index contributed by atoms with van der Waals surface area (Å²) >= 11 is 0. The molecule has 0 bridgehead atoms. The Morgan fingerprint density at radius 2 is 1.59 bits per heavy atom. The number of likely N-dealkylation sites (tertiary alicyclic amines) is 2. The number of methoxy groups -OCH3 is 1. The third kappa shape index (κ3) is 6.24. The van der Waals surface area contributed by atoms with Gasteiger partial charge in [0.15, 0.2) is 0 Å². The lowest BCUT2D eigenvalue weighted by atomic mass is 9.87. The van der Waals surface area contributed by atoms with Crippen molar-refractivity contribution in [3.05, 3.63) is 29.8 Å². The largest absolute Gasteiger partial charge is 0.497 e.